The summed E-state index contributed by atoms with van der Waals surface area (Å²) in [5.74, 6) is 0.509. The monoisotopic (exact) mass is 411 g/mol. The first kappa shape index (κ1) is 21.1. The lowest BCUT2D eigenvalue weighted by Gasteiger charge is -2.27. The van der Waals surface area contributed by atoms with Crippen molar-refractivity contribution < 1.29 is 9.53 Å². The number of nitrogens with one attached hydrogen (secondary N) is 3. The molecule has 0 spiro atoms. The Morgan fingerprint density at radius 2 is 1.88 bits per heavy atom. The van der Waals surface area contributed by atoms with Gasteiger partial charge in [0.2, 0.25) is 9.70 Å². The second-order valence-electron chi connectivity index (χ2n) is 4.97. The number of hydrogen-bond acceptors (Lipinski definition) is 3. The molecule has 5 nitrogen and oxygen atoms in total. The van der Waals surface area contributed by atoms with Crippen LogP contribution in [0.5, 0.6) is 5.75 Å². The Balaban J connectivity index is 2.64. The minimum absolute atomic E-state index is 0.215. The Morgan fingerprint density at radius 1 is 1.25 bits per heavy atom. The van der Waals surface area contributed by atoms with Gasteiger partial charge in [0.15, 0.2) is 5.11 Å². The smallest absolute Gasteiger partial charge is 0.228 e. The minimum atomic E-state index is -1.76. The van der Waals surface area contributed by atoms with E-state index in [2.05, 4.69) is 16.0 Å². The average Bonchev–Trinajstić information content (AvgIpc) is 2.52. The largest absolute Gasteiger partial charge is 0.497 e. The van der Waals surface area contributed by atoms with Crippen LogP contribution in [0.1, 0.15) is 26.2 Å². The Labute approximate surface area is 162 Å². The summed E-state index contributed by atoms with van der Waals surface area (Å²) in [5.41, 5.74) is 0.730. The van der Waals surface area contributed by atoms with Crippen LogP contribution in [-0.4, -0.2) is 28.1 Å². The maximum Gasteiger partial charge on any atom is 0.228 e. The third-order valence-electron chi connectivity index (χ3n) is 3.01. The van der Waals surface area contributed by atoms with Gasteiger partial charge in [0.1, 0.15) is 11.9 Å². The summed E-state index contributed by atoms with van der Waals surface area (Å²) in [4.78, 5) is 11.9. The second kappa shape index (κ2) is 10.1. The first-order valence-electron chi connectivity index (χ1n) is 7.34. The zero-order chi connectivity index (χ0) is 18.2. The molecule has 0 unspecified atom stereocenters. The van der Waals surface area contributed by atoms with Gasteiger partial charge in [0.25, 0.3) is 0 Å². The van der Waals surface area contributed by atoms with Crippen molar-refractivity contribution in [3.63, 3.8) is 0 Å². The van der Waals surface area contributed by atoms with Gasteiger partial charge in [0, 0.05) is 12.1 Å². The molecule has 0 heterocycles. The highest BCUT2D eigenvalue weighted by Gasteiger charge is 2.34. The molecule has 0 saturated heterocycles. The quantitative estimate of drug-likeness (QED) is 0.359. The molecule has 0 saturated carbocycles. The molecule has 3 N–H and O–H groups in total. The summed E-state index contributed by atoms with van der Waals surface area (Å²) in [6.45, 7) is 1.99. The number of carbonyl (C=O) groups is 1. The first-order chi connectivity index (χ1) is 11.3. The number of unbranched alkanes of at least 4 members (excludes halogenated alkanes) is 1. The molecule has 1 atom stereocenters. The van der Waals surface area contributed by atoms with Crippen molar-refractivity contribution in [1.29, 1.82) is 0 Å². The van der Waals surface area contributed by atoms with Crippen LogP contribution in [0.25, 0.3) is 0 Å². The van der Waals surface area contributed by atoms with Gasteiger partial charge in [-0.15, -0.1) is 0 Å². The number of rotatable bonds is 7. The SMILES string of the molecule is CCCCC(=O)N[C@H](NC(=S)Nc1ccc(OC)cc1)C(Cl)(Cl)Cl. The molecule has 1 aromatic rings. The molecule has 0 aliphatic carbocycles. The fraction of sp³-hybridized carbons (Fsp3) is 0.467. The fourth-order valence-corrected chi connectivity index (χ4v) is 2.31. The van der Waals surface area contributed by atoms with Gasteiger partial charge in [-0.3, -0.25) is 4.79 Å². The summed E-state index contributed by atoms with van der Waals surface area (Å²) in [6, 6.07) is 7.14. The normalized spacial score (nSPS) is 12.2. The van der Waals surface area contributed by atoms with Crippen molar-refractivity contribution >= 4 is 63.7 Å². The maximum absolute atomic E-state index is 11.9. The van der Waals surface area contributed by atoms with Crippen molar-refractivity contribution in [2.75, 3.05) is 12.4 Å². The predicted molar refractivity (Wildman–Crippen MR) is 104 cm³/mol. The zero-order valence-electron chi connectivity index (χ0n) is 13.4. The van der Waals surface area contributed by atoms with E-state index in [1.54, 1.807) is 31.4 Å². The number of benzene rings is 1. The van der Waals surface area contributed by atoms with Gasteiger partial charge in [-0.25, -0.2) is 0 Å². The van der Waals surface area contributed by atoms with Crippen molar-refractivity contribution in [3.05, 3.63) is 24.3 Å². The highest BCUT2D eigenvalue weighted by atomic mass is 35.6. The Bertz CT molecular complexity index is 550. The van der Waals surface area contributed by atoms with Crippen LogP contribution < -0.4 is 20.7 Å². The van der Waals surface area contributed by atoms with Gasteiger partial charge in [-0.1, -0.05) is 48.1 Å². The number of methoxy groups -OCH3 is 1. The number of halogens is 3. The van der Waals surface area contributed by atoms with Crippen LogP contribution in [0.4, 0.5) is 5.69 Å². The summed E-state index contributed by atoms with van der Waals surface area (Å²) in [5, 5.41) is 8.60. The molecule has 0 bridgehead atoms. The molecule has 1 rings (SSSR count). The molecule has 134 valence electrons. The maximum atomic E-state index is 11.9. The fourth-order valence-electron chi connectivity index (χ4n) is 1.74. The lowest BCUT2D eigenvalue weighted by atomic mass is 10.2. The number of amides is 1. The molecular weight excluding hydrogens is 393 g/mol. The zero-order valence-corrected chi connectivity index (χ0v) is 16.5. The molecule has 24 heavy (non-hydrogen) atoms. The molecule has 9 heteroatoms. The highest BCUT2D eigenvalue weighted by Crippen LogP contribution is 2.29. The van der Waals surface area contributed by atoms with Crippen molar-refractivity contribution in [2.24, 2.45) is 0 Å². The summed E-state index contributed by atoms with van der Waals surface area (Å²) < 4.78 is 3.33. The van der Waals surface area contributed by atoms with Crippen LogP contribution in [0, 0.1) is 0 Å². The van der Waals surface area contributed by atoms with E-state index in [9.17, 15) is 4.79 Å². The van der Waals surface area contributed by atoms with Crippen LogP contribution in [0.3, 0.4) is 0 Å². The van der Waals surface area contributed by atoms with E-state index in [0.717, 1.165) is 24.3 Å². The van der Waals surface area contributed by atoms with E-state index in [1.807, 2.05) is 6.92 Å². The van der Waals surface area contributed by atoms with Crippen LogP contribution in [0.15, 0.2) is 24.3 Å². The van der Waals surface area contributed by atoms with Crippen molar-refractivity contribution in [1.82, 2.24) is 10.6 Å². The number of alkyl halides is 3. The Hall–Kier alpha value is -0.950. The summed E-state index contributed by atoms with van der Waals surface area (Å²) in [6.07, 6.45) is 1.06. The lowest BCUT2D eigenvalue weighted by molar-refractivity contribution is -0.122. The standard InChI is InChI=1S/C15H20Cl3N3O2S/c1-3-4-5-12(22)20-13(15(16,17)18)21-14(24)19-10-6-8-11(23-2)9-7-10/h6-9,13H,3-5H2,1-2H3,(H,20,22)(H2,19,21,24)/t13-/m1/s1. The second-order valence-corrected chi connectivity index (χ2v) is 7.75. The minimum Gasteiger partial charge on any atom is -0.497 e. The van der Waals surface area contributed by atoms with Crippen molar-refractivity contribution in [3.8, 4) is 5.75 Å². The van der Waals surface area contributed by atoms with Crippen LogP contribution in [-0.2, 0) is 4.79 Å². The van der Waals surface area contributed by atoms with E-state index in [4.69, 9.17) is 51.8 Å². The van der Waals surface area contributed by atoms with Gasteiger partial charge >= 0.3 is 0 Å². The number of anilines is 1. The topological polar surface area (TPSA) is 62.4 Å². The van der Waals surface area contributed by atoms with Crippen LogP contribution >= 0.6 is 47.0 Å². The summed E-state index contributed by atoms with van der Waals surface area (Å²) in [7, 11) is 1.58. The lowest BCUT2D eigenvalue weighted by Crippen LogP contribution is -2.56. The number of hydrogen-bond donors (Lipinski definition) is 3. The van der Waals surface area contributed by atoms with Gasteiger partial charge in [0.05, 0.1) is 7.11 Å². The van der Waals surface area contributed by atoms with E-state index in [-0.39, 0.29) is 11.0 Å². The van der Waals surface area contributed by atoms with Crippen molar-refractivity contribution in [2.45, 2.75) is 36.1 Å². The predicted octanol–water partition coefficient (Wildman–Crippen LogP) is 3.98. The molecule has 0 aliphatic heterocycles. The molecule has 0 aromatic heterocycles. The number of ether oxygens (including phenoxy) is 1. The molecule has 0 radical (unpaired) electrons. The van der Waals surface area contributed by atoms with Gasteiger partial charge in [-0.2, -0.15) is 0 Å². The Morgan fingerprint density at radius 3 is 2.38 bits per heavy atom. The number of thiocarbonyl (C=S) groups is 1. The van der Waals surface area contributed by atoms with E-state index in [1.165, 1.54) is 0 Å². The molecule has 1 amide bonds. The first-order valence-corrected chi connectivity index (χ1v) is 8.88. The van der Waals surface area contributed by atoms with E-state index in [0.29, 0.717) is 6.42 Å². The summed E-state index contributed by atoms with van der Waals surface area (Å²) >= 11 is 22.9. The van der Waals surface area contributed by atoms with Gasteiger partial charge < -0.3 is 20.7 Å². The molecule has 0 aliphatic rings. The molecule has 0 fully saturated rings. The van der Waals surface area contributed by atoms with Gasteiger partial charge in [-0.05, 0) is 42.9 Å². The van der Waals surface area contributed by atoms with Crippen LogP contribution in [0.2, 0.25) is 0 Å². The highest BCUT2D eigenvalue weighted by molar-refractivity contribution is 7.80. The Kier molecular flexibility index (Phi) is 8.91. The molecular formula is C15H20Cl3N3O2S. The molecule has 1 aromatic carbocycles. The number of carbonyl (C=O) groups excluding carboxylic acids is 1. The third-order valence-corrected chi connectivity index (χ3v) is 3.89. The average molecular weight is 413 g/mol. The van der Waals surface area contributed by atoms with E-state index < -0.39 is 9.96 Å². The third kappa shape index (κ3) is 7.75. The van der Waals surface area contributed by atoms with E-state index >= 15 is 0 Å².